The van der Waals surface area contributed by atoms with Crippen molar-refractivity contribution in [2.24, 2.45) is 0 Å². The smallest absolute Gasteiger partial charge is 0.318 e. The lowest BCUT2D eigenvalue weighted by atomic mass is 9.77. The Hall–Kier alpha value is -1.09. The van der Waals surface area contributed by atoms with E-state index in [1.165, 1.54) is 0 Å². The van der Waals surface area contributed by atoms with Crippen molar-refractivity contribution >= 4 is 17.6 Å². The highest BCUT2D eigenvalue weighted by molar-refractivity contribution is 6.26. The summed E-state index contributed by atoms with van der Waals surface area (Å²) in [6.45, 7) is 0. The van der Waals surface area contributed by atoms with Crippen LogP contribution in [0.5, 0.6) is 0 Å². The quantitative estimate of drug-likeness (QED) is 0.810. The first kappa shape index (κ1) is 11.4. The fourth-order valence-corrected chi connectivity index (χ4v) is 2.85. The first-order valence-corrected chi connectivity index (χ1v) is 5.55. The molecule has 1 saturated carbocycles. The molecular formula is C12H12ClFO2. The van der Waals surface area contributed by atoms with Gasteiger partial charge in [-0.25, -0.2) is 4.39 Å². The number of carbonyl (C=O) groups is 1. The van der Waals surface area contributed by atoms with Crippen molar-refractivity contribution in [3.63, 3.8) is 0 Å². The summed E-state index contributed by atoms with van der Waals surface area (Å²) in [4.78, 5) is 11.4. The molecule has 1 aromatic carbocycles. The molecule has 2 unspecified atom stereocenters. The molecule has 1 aliphatic rings. The summed E-state index contributed by atoms with van der Waals surface area (Å²) in [5.74, 6) is -1.19. The summed E-state index contributed by atoms with van der Waals surface area (Å²) in [5.41, 5.74) is -1.16. The standard InChI is InChI=1S/C12H12ClFO2/c13-12(14)8-4-7-11(12,10(15)16)9-5-2-1-3-6-9/h1-3,5-6H,4,7-8H2,(H,15,16). The van der Waals surface area contributed by atoms with Gasteiger partial charge in [0.25, 0.3) is 0 Å². The van der Waals surface area contributed by atoms with Gasteiger partial charge in [-0.2, -0.15) is 0 Å². The summed E-state index contributed by atoms with van der Waals surface area (Å²) >= 11 is 5.77. The summed E-state index contributed by atoms with van der Waals surface area (Å²) in [5, 5.41) is 7.13. The number of carboxylic acids is 1. The van der Waals surface area contributed by atoms with Crippen LogP contribution in [0.4, 0.5) is 4.39 Å². The SMILES string of the molecule is O=C(O)C1(c2ccccc2)CCCC1(F)Cl. The highest BCUT2D eigenvalue weighted by atomic mass is 35.5. The van der Waals surface area contributed by atoms with Crippen LogP contribution < -0.4 is 0 Å². The van der Waals surface area contributed by atoms with Crippen LogP contribution in [0, 0.1) is 0 Å². The van der Waals surface area contributed by atoms with E-state index in [1.54, 1.807) is 30.3 Å². The first-order valence-electron chi connectivity index (χ1n) is 5.17. The van der Waals surface area contributed by atoms with Gasteiger partial charge in [0.2, 0.25) is 5.13 Å². The topological polar surface area (TPSA) is 37.3 Å². The van der Waals surface area contributed by atoms with Crippen LogP contribution in [0.2, 0.25) is 0 Å². The minimum Gasteiger partial charge on any atom is -0.480 e. The number of carboxylic acid groups (broad SMARTS) is 1. The summed E-state index contributed by atoms with van der Waals surface area (Å²) in [6.07, 6.45) is 0.809. The van der Waals surface area contributed by atoms with Gasteiger partial charge in [-0.1, -0.05) is 41.9 Å². The monoisotopic (exact) mass is 242 g/mol. The van der Waals surface area contributed by atoms with Crippen molar-refractivity contribution in [1.29, 1.82) is 0 Å². The molecule has 0 aromatic heterocycles. The summed E-state index contributed by atoms with van der Waals surface area (Å²) < 4.78 is 14.3. The second-order valence-corrected chi connectivity index (χ2v) is 4.73. The Morgan fingerprint density at radius 3 is 2.38 bits per heavy atom. The van der Waals surface area contributed by atoms with E-state index in [1.807, 2.05) is 0 Å². The molecule has 16 heavy (non-hydrogen) atoms. The average molecular weight is 243 g/mol. The van der Waals surface area contributed by atoms with Crippen molar-refractivity contribution in [3.05, 3.63) is 35.9 Å². The largest absolute Gasteiger partial charge is 0.480 e. The predicted octanol–water partition coefficient (Wildman–Crippen LogP) is 3.10. The molecule has 2 rings (SSSR count). The van der Waals surface area contributed by atoms with Gasteiger partial charge in [0.15, 0.2) is 0 Å². The zero-order valence-corrected chi connectivity index (χ0v) is 9.38. The molecule has 0 heterocycles. The van der Waals surface area contributed by atoms with Crippen LogP contribution >= 0.6 is 11.6 Å². The number of hydrogen-bond acceptors (Lipinski definition) is 1. The van der Waals surface area contributed by atoms with E-state index in [0.29, 0.717) is 12.0 Å². The van der Waals surface area contributed by atoms with Crippen molar-refractivity contribution < 1.29 is 14.3 Å². The van der Waals surface area contributed by atoms with Crippen LogP contribution in [0.3, 0.4) is 0 Å². The number of rotatable bonds is 2. The van der Waals surface area contributed by atoms with E-state index in [4.69, 9.17) is 11.6 Å². The zero-order chi connectivity index (χ0) is 11.8. The minimum atomic E-state index is -2.19. The highest BCUT2D eigenvalue weighted by Gasteiger charge is 2.61. The molecule has 1 fully saturated rings. The number of benzene rings is 1. The van der Waals surface area contributed by atoms with Crippen LogP contribution in [0.1, 0.15) is 24.8 Å². The van der Waals surface area contributed by atoms with Crippen molar-refractivity contribution in [1.82, 2.24) is 0 Å². The molecule has 4 heteroatoms. The molecule has 2 nitrogen and oxygen atoms in total. The maximum Gasteiger partial charge on any atom is 0.318 e. The second kappa shape index (κ2) is 3.74. The number of hydrogen-bond donors (Lipinski definition) is 1. The molecule has 0 spiro atoms. The number of aliphatic carboxylic acids is 1. The van der Waals surface area contributed by atoms with E-state index in [-0.39, 0.29) is 12.8 Å². The Morgan fingerprint density at radius 2 is 1.94 bits per heavy atom. The summed E-state index contributed by atoms with van der Waals surface area (Å²) in [6, 6.07) is 8.41. The molecule has 0 amide bonds. The third-order valence-electron chi connectivity index (χ3n) is 3.30. The Morgan fingerprint density at radius 1 is 1.31 bits per heavy atom. The zero-order valence-electron chi connectivity index (χ0n) is 8.62. The van der Waals surface area contributed by atoms with Crippen molar-refractivity contribution in [2.45, 2.75) is 29.8 Å². The van der Waals surface area contributed by atoms with Gasteiger partial charge in [0, 0.05) is 0 Å². The molecule has 0 bridgehead atoms. The van der Waals surface area contributed by atoms with Crippen LogP contribution in [-0.2, 0) is 10.2 Å². The molecule has 0 aliphatic heterocycles. The molecule has 1 N–H and O–H groups in total. The van der Waals surface area contributed by atoms with Gasteiger partial charge in [0.1, 0.15) is 5.41 Å². The third kappa shape index (κ3) is 1.42. The molecule has 1 aromatic rings. The van der Waals surface area contributed by atoms with Gasteiger partial charge >= 0.3 is 5.97 Å². The van der Waals surface area contributed by atoms with Crippen molar-refractivity contribution in [2.75, 3.05) is 0 Å². The lowest BCUT2D eigenvalue weighted by Crippen LogP contribution is -2.46. The van der Waals surface area contributed by atoms with E-state index in [0.717, 1.165) is 0 Å². The predicted molar refractivity (Wildman–Crippen MR) is 59.3 cm³/mol. The maximum atomic E-state index is 14.3. The minimum absolute atomic E-state index is 0.0791. The van der Waals surface area contributed by atoms with Crippen molar-refractivity contribution in [3.8, 4) is 0 Å². The van der Waals surface area contributed by atoms with E-state index < -0.39 is 16.5 Å². The lowest BCUT2D eigenvalue weighted by molar-refractivity contribution is -0.146. The normalized spacial score (nSPS) is 33.9. The highest BCUT2D eigenvalue weighted by Crippen LogP contribution is 2.53. The first-order chi connectivity index (χ1) is 7.51. The van der Waals surface area contributed by atoms with E-state index in [2.05, 4.69) is 0 Å². The molecule has 86 valence electrons. The molecule has 1 aliphatic carbocycles. The second-order valence-electron chi connectivity index (χ2n) is 4.13. The Kier molecular flexibility index (Phi) is 2.66. The summed E-state index contributed by atoms with van der Waals surface area (Å²) in [7, 11) is 0. The average Bonchev–Trinajstić information content (AvgIpc) is 2.56. The fraction of sp³-hybridized carbons (Fsp3) is 0.417. The Labute approximate surface area is 98.0 Å². The van der Waals surface area contributed by atoms with Gasteiger partial charge in [-0.3, -0.25) is 4.79 Å². The Balaban J connectivity index is 2.58. The maximum absolute atomic E-state index is 14.3. The van der Waals surface area contributed by atoms with Gasteiger partial charge in [-0.05, 0) is 24.8 Å². The Bertz CT molecular complexity index is 405. The van der Waals surface area contributed by atoms with E-state index in [9.17, 15) is 14.3 Å². The molecular weight excluding hydrogens is 231 g/mol. The van der Waals surface area contributed by atoms with Crippen LogP contribution in [0.25, 0.3) is 0 Å². The van der Waals surface area contributed by atoms with Gasteiger partial charge in [-0.15, -0.1) is 0 Å². The third-order valence-corrected chi connectivity index (χ3v) is 3.81. The van der Waals surface area contributed by atoms with Crippen LogP contribution in [-0.4, -0.2) is 16.2 Å². The van der Waals surface area contributed by atoms with E-state index >= 15 is 0 Å². The molecule has 0 saturated heterocycles. The fourth-order valence-electron chi connectivity index (χ4n) is 2.44. The number of alkyl halides is 2. The molecule has 0 radical (unpaired) electrons. The molecule has 2 atom stereocenters. The lowest BCUT2D eigenvalue weighted by Gasteiger charge is -2.32. The number of halogens is 2. The van der Waals surface area contributed by atoms with Gasteiger partial charge < -0.3 is 5.11 Å². The van der Waals surface area contributed by atoms with Crippen LogP contribution in [0.15, 0.2) is 30.3 Å². The van der Waals surface area contributed by atoms with Gasteiger partial charge in [0.05, 0.1) is 0 Å².